The van der Waals surface area contributed by atoms with E-state index in [1.165, 1.54) is 12.1 Å². The summed E-state index contributed by atoms with van der Waals surface area (Å²) in [7, 11) is 0. The zero-order valence-corrected chi connectivity index (χ0v) is 17.4. The van der Waals surface area contributed by atoms with Gasteiger partial charge in [-0.25, -0.2) is 4.39 Å². The van der Waals surface area contributed by atoms with E-state index in [1.54, 1.807) is 25.1 Å². The molecule has 4 atom stereocenters. The van der Waals surface area contributed by atoms with Crippen LogP contribution in [-0.4, -0.2) is 56.5 Å². The van der Waals surface area contributed by atoms with E-state index < -0.39 is 0 Å². The molecule has 2 amide bonds. The lowest BCUT2D eigenvalue weighted by Crippen LogP contribution is -2.55. The van der Waals surface area contributed by atoms with Crippen molar-refractivity contribution in [1.29, 1.82) is 0 Å². The van der Waals surface area contributed by atoms with Crippen molar-refractivity contribution < 1.29 is 14.0 Å². The predicted octanol–water partition coefficient (Wildman–Crippen LogP) is 3.61. The molecule has 0 radical (unpaired) electrons. The fourth-order valence-electron chi connectivity index (χ4n) is 6.22. The number of hydrogen-bond acceptors (Lipinski definition) is 3. The first-order valence-corrected chi connectivity index (χ1v) is 10.8. The number of H-pyrrole nitrogens is 1. The number of aromatic amines is 1. The number of benzene rings is 1. The highest BCUT2D eigenvalue weighted by Crippen LogP contribution is 2.53. The summed E-state index contributed by atoms with van der Waals surface area (Å²) in [4.78, 5) is 30.0. The SMILES string of the molecule is CC(=O)N1[C@@H]2CN(C(=O)c3cc(-c4ccc(F)cc4)n[nH]3)[C@@H]3CCCC[C@H]1[C@]3(C)C2. The Morgan fingerprint density at radius 1 is 1.17 bits per heavy atom. The molecule has 2 aromatic rings. The molecular weight excluding hydrogens is 383 g/mol. The molecule has 3 aliphatic rings. The lowest BCUT2D eigenvalue weighted by Gasteiger charge is -2.46. The van der Waals surface area contributed by atoms with Crippen LogP contribution in [0.5, 0.6) is 0 Å². The van der Waals surface area contributed by atoms with Gasteiger partial charge in [-0.3, -0.25) is 14.7 Å². The van der Waals surface area contributed by atoms with Crippen LogP contribution in [0.4, 0.5) is 4.39 Å². The number of halogens is 1. The van der Waals surface area contributed by atoms with Crippen LogP contribution < -0.4 is 0 Å². The standard InChI is InChI=1S/C23H27FN4O2/c1-14(29)28-17-12-23(2)20(5-3-4-6-21(23)28)27(13-17)22(30)19-11-18(25-26-19)15-7-9-16(24)10-8-15/h7-11,17,20-21H,3-6,12-13H2,1-2H3,(H,25,26)/t17-,20+,21-,23+/m0/s1. The number of nitrogens with one attached hydrogen (secondary N) is 1. The summed E-state index contributed by atoms with van der Waals surface area (Å²) in [5.41, 5.74) is 1.75. The first-order valence-electron chi connectivity index (χ1n) is 10.8. The molecule has 1 aliphatic carbocycles. The monoisotopic (exact) mass is 410 g/mol. The minimum Gasteiger partial charge on any atom is -0.335 e. The average molecular weight is 410 g/mol. The van der Waals surface area contributed by atoms with Gasteiger partial charge in [0.15, 0.2) is 0 Å². The number of carbonyl (C=O) groups excluding carboxylic acids is 2. The smallest absolute Gasteiger partial charge is 0.272 e. The predicted molar refractivity (Wildman–Crippen MR) is 110 cm³/mol. The summed E-state index contributed by atoms with van der Waals surface area (Å²) in [6.07, 6.45) is 5.12. The molecule has 1 N–H and O–H groups in total. The quantitative estimate of drug-likeness (QED) is 0.822. The van der Waals surface area contributed by atoms with E-state index in [0.29, 0.717) is 17.9 Å². The molecule has 3 heterocycles. The lowest BCUT2D eigenvalue weighted by molar-refractivity contribution is -0.132. The topological polar surface area (TPSA) is 69.3 Å². The van der Waals surface area contributed by atoms with Gasteiger partial charge in [-0.1, -0.05) is 19.8 Å². The van der Waals surface area contributed by atoms with Gasteiger partial charge in [-0.15, -0.1) is 0 Å². The van der Waals surface area contributed by atoms with Crippen LogP contribution in [0.2, 0.25) is 0 Å². The van der Waals surface area contributed by atoms with Gasteiger partial charge < -0.3 is 9.80 Å². The van der Waals surface area contributed by atoms with E-state index in [1.807, 2.05) is 4.90 Å². The Bertz CT molecular complexity index is 987. The van der Waals surface area contributed by atoms with E-state index in [4.69, 9.17) is 0 Å². The number of rotatable bonds is 2. The third-order valence-corrected chi connectivity index (χ3v) is 7.49. The summed E-state index contributed by atoms with van der Waals surface area (Å²) in [5.74, 6) is -0.257. The molecule has 30 heavy (non-hydrogen) atoms. The molecule has 0 unspecified atom stereocenters. The Hall–Kier alpha value is -2.70. The van der Waals surface area contributed by atoms with Crippen molar-refractivity contribution in [1.82, 2.24) is 20.0 Å². The first kappa shape index (κ1) is 19.3. The minimum absolute atomic E-state index is 0.0668. The Kier molecular flexibility index (Phi) is 4.45. The Labute approximate surface area is 175 Å². The lowest BCUT2D eigenvalue weighted by atomic mass is 9.71. The van der Waals surface area contributed by atoms with Gasteiger partial charge >= 0.3 is 0 Å². The molecule has 3 fully saturated rings. The zero-order chi connectivity index (χ0) is 21.0. The maximum absolute atomic E-state index is 13.5. The third-order valence-electron chi connectivity index (χ3n) is 7.49. The van der Waals surface area contributed by atoms with E-state index in [9.17, 15) is 14.0 Å². The number of amides is 2. The van der Waals surface area contributed by atoms with Gasteiger partial charge in [0, 0.05) is 36.5 Å². The van der Waals surface area contributed by atoms with E-state index in [2.05, 4.69) is 22.0 Å². The van der Waals surface area contributed by atoms with E-state index >= 15 is 0 Å². The van der Waals surface area contributed by atoms with Gasteiger partial charge in [-0.05, 0) is 49.6 Å². The van der Waals surface area contributed by atoms with Crippen LogP contribution in [-0.2, 0) is 4.79 Å². The maximum Gasteiger partial charge on any atom is 0.272 e. The van der Waals surface area contributed by atoms with Crippen LogP contribution >= 0.6 is 0 Å². The molecule has 7 heteroatoms. The number of piperidine rings is 1. The molecule has 1 aromatic carbocycles. The fourth-order valence-corrected chi connectivity index (χ4v) is 6.22. The van der Waals surface area contributed by atoms with Gasteiger partial charge in [0.2, 0.25) is 5.91 Å². The summed E-state index contributed by atoms with van der Waals surface area (Å²) in [6, 6.07) is 8.23. The van der Waals surface area contributed by atoms with Crippen molar-refractivity contribution in [2.45, 2.75) is 64.1 Å². The second-order valence-electron chi connectivity index (χ2n) is 9.24. The van der Waals surface area contributed by atoms with Crippen molar-refractivity contribution in [3.8, 4) is 11.3 Å². The minimum atomic E-state index is -0.305. The fraction of sp³-hybridized carbons (Fsp3) is 0.522. The second kappa shape index (κ2) is 6.93. The number of hydrogen-bond donors (Lipinski definition) is 1. The molecule has 158 valence electrons. The highest BCUT2D eigenvalue weighted by atomic mass is 19.1. The summed E-state index contributed by atoms with van der Waals surface area (Å²) in [5, 5.41) is 7.17. The molecule has 6 nitrogen and oxygen atoms in total. The number of aromatic nitrogens is 2. The van der Waals surface area contributed by atoms with Crippen LogP contribution in [0, 0.1) is 11.2 Å². The molecular formula is C23H27FN4O2. The molecule has 1 aromatic heterocycles. The summed E-state index contributed by atoms with van der Waals surface area (Å²) < 4.78 is 13.2. The zero-order valence-electron chi connectivity index (χ0n) is 17.4. The highest BCUT2D eigenvalue weighted by molar-refractivity contribution is 5.94. The number of carbonyl (C=O) groups is 2. The van der Waals surface area contributed by atoms with Crippen LogP contribution in [0.15, 0.2) is 30.3 Å². The summed E-state index contributed by atoms with van der Waals surface area (Å²) >= 11 is 0. The third kappa shape index (κ3) is 2.86. The highest BCUT2D eigenvalue weighted by Gasteiger charge is 2.60. The number of nitrogens with zero attached hydrogens (tertiary/aromatic N) is 3. The van der Waals surface area contributed by atoms with Gasteiger partial charge in [0.1, 0.15) is 11.5 Å². The number of likely N-dealkylation sites (tertiary alicyclic amines) is 2. The molecule has 2 aliphatic heterocycles. The molecule has 0 spiro atoms. The van der Waals surface area contributed by atoms with Crippen molar-refractivity contribution in [3.63, 3.8) is 0 Å². The van der Waals surface area contributed by atoms with Crippen LogP contribution in [0.3, 0.4) is 0 Å². The Balaban J connectivity index is 1.46. The van der Waals surface area contributed by atoms with Crippen molar-refractivity contribution in [3.05, 3.63) is 41.8 Å². The summed E-state index contributed by atoms with van der Waals surface area (Å²) in [6.45, 7) is 4.49. The average Bonchev–Trinajstić information content (AvgIpc) is 3.24. The molecule has 2 saturated heterocycles. The van der Waals surface area contributed by atoms with Crippen molar-refractivity contribution in [2.75, 3.05) is 6.54 Å². The Morgan fingerprint density at radius 3 is 2.57 bits per heavy atom. The second-order valence-corrected chi connectivity index (χ2v) is 9.24. The van der Waals surface area contributed by atoms with E-state index in [0.717, 1.165) is 37.7 Å². The first-order chi connectivity index (χ1) is 14.4. The van der Waals surface area contributed by atoms with Crippen LogP contribution in [0.25, 0.3) is 11.3 Å². The normalized spacial score (nSPS) is 30.3. The molecule has 5 rings (SSSR count). The maximum atomic E-state index is 13.5. The van der Waals surface area contributed by atoms with Gasteiger partial charge in [-0.2, -0.15) is 5.10 Å². The van der Waals surface area contributed by atoms with Crippen molar-refractivity contribution >= 4 is 11.8 Å². The molecule has 2 bridgehead atoms. The van der Waals surface area contributed by atoms with Gasteiger partial charge in [0.05, 0.1) is 11.7 Å². The molecule has 1 saturated carbocycles. The largest absolute Gasteiger partial charge is 0.335 e. The van der Waals surface area contributed by atoms with Crippen molar-refractivity contribution in [2.24, 2.45) is 5.41 Å². The van der Waals surface area contributed by atoms with Crippen LogP contribution in [0.1, 0.15) is 56.4 Å². The Morgan fingerprint density at radius 2 is 1.87 bits per heavy atom. The number of fused-ring (bicyclic) bond motifs is 1. The van der Waals surface area contributed by atoms with E-state index in [-0.39, 0.29) is 41.2 Å². The van der Waals surface area contributed by atoms with Gasteiger partial charge in [0.25, 0.3) is 5.91 Å².